The highest BCUT2D eigenvalue weighted by Crippen LogP contribution is 2.28. The molecule has 0 radical (unpaired) electrons. The molecule has 1 aliphatic heterocycles. The minimum atomic E-state index is -4.16. The Kier molecular flexibility index (Phi) is 6.40. The maximum atomic E-state index is 14.8. The van der Waals surface area contributed by atoms with Crippen LogP contribution in [-0.4, -0.2) is 45.4 Å². The van der Waals surface area contributed by atoms with Gasteiger partial charge in [-0.05, 0) is 48.5 Å². The molecule has 0 bridgehead atoms. The van der Waals surface area contributed by atoms with Gasteiger partial charge >= 0.3 is 0 Å². The zero-order chi connectivity index (χ0) is 22.7. The first-order valence-electron chi connectivity index (χ1n) is 9.87. The van der Waals surface area contributed by atoms with E-state index in [1.807, 2.05) is 4.90 Å². The lowest BCUT2D eigenvalue weighted by Crippen LogP contribution is -2.43. The van der Waals surface area contributed by atoms with Crippen molar-refractivity contribution in [3.63, 3.8) is 0 Å². The van der Waals surface area contributed by atoms with Crippen LogP contribution in [0.15, 0.2) is 65.8 Å². The molecule has 1 saturated heterocycles. The van der Waals surface area contributed by atoms with E-state index in [0.717, 1.165) is 19.2 Å². The Hall–Kier alpha value is -3.01. The monoisotopic (exact) mass is 474 g/mol. The van der Waals surface area contributed by atoms with Gasteiger partial charge in [0, 0.05) is 54.7 Å². The van der Waals surface area contributed by atoms with Crippen molar-refractivity contribution >= 4 is 38.8 Å². The Morgan fingerprint density at radius 2 is 1.78 bits per heavy atom. The van der Waals surface area contributed by atoms with E-state index in [0.29, 0.717) is 24.3 Å². The van der Waals surface area contributed by atoms with Gasteiger partial charge in [-0.3, -0.25) is 14.5 Å². The van der Waals surface area contributed by atoms with Crippen LogP contribution in [0.25, 0.3) is 0 Å². The topological polar surface area (TPSA) is 91.4 Å². The third-order valence-electron chi connectivity index (χ3n) is 5.10. The number of ketones is 1. The van der Waals surface area contributed by atoms with Crippen molar-refractivity contribution in [3.05, 3.63) is 82.9 Å². The number of carbonyl (C=O) groups is 1. The van der Waals surface area contributed by atoms with Gasteiger partial charge in [0.2, 0.25) is 0 Å². The summed E-state index contributed by atoms with van der Waals surface area (Å²) in [6.07, 6.45) is 2.93. The van der Waals surface area contributed by atoms with Crippen LogP contribution < -0.4 is 14.9 Å². The molecule has 1 aromatic heterocycles. The average molecular weight is 475 g/mol. The molecule has 0 spiro atoms. The van der Waals surface area contributed by atoms with Gasteiger partial charge in [0.15, 0.2) is 5.78 Å². The van der Waals surface area contributed by atoms with Gasteiger partial charge in [-0.15, -0.1) is 0 Å². The fourth-order valence-corrected chi connectivity index (χ4v) is 4.74. The van der Waals surface area contributed by atoms with Gasteiger partial charge in [-0.25, -0.2) is 12.8 Å². The fraction of sp³-hybridized carbons (Fsp3) is 0.182. The lowest BCUT2D eigenvalue weighted by molar-refractivity contribution is 0.103. The van der Waals surface area contributed by atoms with Crippen LogP contribution in [0.4, 0.5) is 15.8 Å². The first-order valence-corrected chi connectivity index (χ1v) is 11.7. The molecule has 0 saturated carbocycles. The van der Waals surface area contributed by atoms with Crippen molar-refractivity contribution < 1.29 is 17.6 Å². The largest absolute Gasteiger partial charge is 0.367 e. The average Bonchev–Trinajstić information content (AvgIpc) is 2.80. The zero-order valence-corrected chi connectivity index (χ0v) is 18.5. The predicted molar refractivity (Wildman–Crippen MR) is 121 cm³/mol. The van der Waals surface area contributed by atoms with Gasteiger partial charge in [-0.1, -0.05) is 11.6 Å². The molecule has 2 aromatic carbocycles. The highest BCUT2D eigenvalue weighted by atomic mass is 35.5. The molecular weight excluding hydrogens is 455 g/mol. The minimum absolute atomic E-state index is 0.0443. The van der Waals surface area contributed by atoms with Crippen molar-refractivity contribution in [3.8, 4) is 0 Å². The second-order valence-electron chi connectivity index (χ2n) is 7.21. The number of nitrogens with zero attached hydrogens (tertiary/aromatic N) is 2. The number of pyridine rings is 1. The highest BCUT2D eigenvalue weighted by molar-refractivity contribution is 7.92. The second kappa shape index (κ2) is 9.23. The third-order valence-corrected chi connectivity index (χ3v) is 6.70. The van der Waals surface area contributed by atoms with Crippen LogP contribution in [-0.2, 0) is 10.0 Å². The van der Waals surface area contributed by atoms with E-state index in [9.17, 15) is 17.6 Å². The molecule has 0 amide bonds. The van der Waals surface area contributed by atoms with E-state index in [-0.39, 0.29) is 21.2 Å². The normalized spacial score (nSPS) is 14.2. The Bertz CT molecular complexity index is 1250. The van der Waals surface area contributed by atoms with E-state index in [1.54, 1.807) is 0 Å². The molecule has 1 aliphatic rings. The molecule has 7 nitrogen and oxygen atoms in total. The van der Waals surface area contributed by atoms with Crippen molar-refractivity contribution in [1.29, 1.82) is 0 Å². The van der Waals surface area contributed by atoms with Crippen LogP contribution in [0, 0.1) is 5.82 Å². The van der Waals surface area contributed by atoms with Crippen LogP contribution in [0.1, 0.15) is 15.9 Å². The molecule has 1 fully saturated rings. The van der Waals surface area contributed by atoms with Crippen LogP contribution in [0.2, 0.25) is 5.02 Å². The van der Waals surface area contributed by atoms with E-state index in [1.165, 1.54) is 54.9 Å². The molecule has 32 heavy (non-hydrogen) atoms. The van der Waals surface area contributed by atoms with Crippen molar-refractivity contribution in [2.45, 2.75) is 4.90 Å². The molecule has 2 heterocycles. The molecule has 0 atom stereocenters. The Labute approximate surface area is 190 Å². The van der Waals surface area contributed by atoms with Gasteiger partial charge in [0.05, 0.1) is 16.3 Å². The molecule has 3 aromatic rings. The van der Waals surface area contributed by atoms with Crippen LogP contribution in [0.3, 0.4) is 0 Å². The maximum Gasteiger partial charge on any atom is 0.262 e. The van der Waals surface area contributed by atoms with Crippen molar-refractivity contribution in [2.24, 2.45) is 0 Å². The molecule has 4 rings (SSSR count). The number of rotatable bonds is 6. The summed E-state index contributed by atoms with van der Waals surface area (Å²) in [4.78, 5) is 18.4. The van der Waals surface area contributed by atoms with Gasteiger partial charge < -0.3 is 10.2 Å². The zero-order valence-electron chi connectivity index (χ0n) is 16.9. The summed E-state index contributed by atoms with van der Waals surface area (Å²) in [5.41, 5.74) is 0.799. The molecule has 166 valence electrons. The quantitative estimate of drug-likeness (QED) is 0.532. The molecule has 0 aliphatic carbocycles. The number of anilines is 2. The first kappa shape index (κ1) is 22.2. The van der Waals surface area contributed by atoms with Gasteiger partial charge in [0.1, 0.15) is 5.82 Å². The lowest BCUT2D eigenvalue weighted by Gasteiger charge is -2.29. The number of halogens is 2. The van der Waals surface area contributed by atoms with Crippen molar-refractivity contribution in [1.82, 2.24) is 10.3 Å². The molecule has 0 unspecified atom stereocenters. The number of piperazine rings is 1. The number of sulfonamides is 1. The van der Waals surface area contributed by atoms with Crippen molar-refractivity contribution in [2.75, 3.05) is 35.8 Å². The number of carbonyl (C=O) groups excluding carboxylic acids is 1. The first-order chi connectivity index (χ1) is 15.3. The second-order valence-corrected chi connectivity index (χ2v) is 9.33. The predicted octanol–water partition coefficient (Wildman–Crippen LogP) is 3.32. The van der Waals surface area contributed by atoms with E-state index >= 15 is 0 Å². The number of nitrogens with one attached hydrogen (secondary N) is 2. The highest BCUT2D eigenvalue weighted by Gasteiger charge is 2.23. The van der Waals surface area contributed by atoms with E-state index < -0.39 is 21.6 Å². The fourth-order valence-electron chi connectivity index (χ4n) is 3.47. The van der Waals surface area contributed by atoms with E-state index in [4.69, 9.17) is 11.6 Å². The maximum absolute atomic E-state index is 14.8. The summed E-state index contributed by atoms with van der Waals surface area (Å²) in [7, 11) is -4.16. The third kappa shape index (κ3) is 4.74. The van der Waals surface area contributed by atoms with Gasteiger partial charge in [0.25, 0.3) is 10.0 Å². The molecular formula is C22H20ClFN4O3S. The van der Waals surface area contributed by atoms with E-state index in [2.05, 4.69) is 15.0 Å². The summed E-state index contributed by atoms with van der Waals surface area (Å²) in [5, 5.41) is 3.46. The Balaban J connectivity index is 1.64. The number of aromatic nitrogens is 1. The smallest absolute Gasteiger partial charge is 0.262 e. The summed E-state index contributed by atoms with van der Waals surface area (Å²) < 4.78 is 43.1. The van der Waals surface area contributed by atoms with Crippen LogP contribution in [0.5, 0.6) is 0 Å². The SMILES string of the molecule is O=C(c1ccncc1)c1cc(Cl)ccc1NS(=O)(=O)c1ccc(N2CCNCC2)c(F)c1. The lowest BCUT2D eigenvalue weighted by atomic mass is 10.0. The Morgan fingerprint density at radius 1 is 1.06 bits per heavy atom. The number of hydrogen-bond acceptors (Lipinski definition) is 6. The Morgan fingerprint density at radius 3 is 2.47 bits per heavy atom. The molecule has 10 heteroatoms. The molecule has 2 N–H and O–H groups in total. The van der Waals surface area contributed by atoms with Gasteiger partial charge in [-0.2, -0.15) is 0 Å². The van der Waals surface area contributed by atoms with Crippen LogP contribution >= 0.6 is 11.6 Å². The summed E-state index contributed by atoms with van der Waals surface area (Å²) >= 11 is 6.05. The summed E-state index contributed by atoms with van der Waals surface area (Å²) in [5.74, 6) is -1.05. The summed E-state index contributed by atoms with van der Waals surface area (Å²) in [6, 6.07) is 11.1. The number of hydrogen-bond donors (Lipinski definition) is 2. The summed E-state index contributed by atoms with van der Waals surface area (Å²) in [6.45, 7) is 2.72. The standard InChI is InChI=1S/C22H20ClFN4O3S/c23-16-1-3-20(18(13-16)22(29)15-5-7-25-8-6-15)27-32(30,31)17-2-4-21(19(24)14-17)28-11-9-26-10-12-28/h1-8,13-14,26-27H,9-12H2. The number of benzene rings is 2. The minimum Gasteiger partial charge on any atom is -0.367 e.